The van der Waals surface area contributed by atoms with Crippen molar-refractivity contribution in [3.63, 3.8) is 0 Å². The van der Waals surface area contributed by atoms with Gasteiger partial charge in [-0.15, -0.1) is 0 Å². The molecule has 1 aliphatic heterocycles. The number of nitrogens with zero attached hydrogens (tertiary/aromatic N) is 2. The van der Waals surface area contributed by atoms with E-state index in [1.54, 1.807) is 14.2 Å². The third kappa shape index (κ3) is 6.96. The highest BCUT2D eigenvalue weighted by Gasteiger charge is 2.19. The SMILES string of the molecule is COc1cc(CN2CCC(OC)CC2)ccc1OC[C@@H](O)CN(C)C(C)C. The average molecular weight is 381 g/mol. The minimum Gasteiger partial charge on any atom is -0.493 e. The number of benzene rings is 1. The summed E-state index contributed by atoms with van der Waals surface area (Å²) < 4.78 is 16.8. The van der Waals surface area contributed by atoms with Gasteiger partial charge in [0.1, 0.15) is 12.7 Å². The summed E-state index contributed by atoms with van der Waals surface area (Å²) in [6, 6.07) is 6.44. The van der Waals surface area contributed by atoms with E-state index in [9.17, 15) is 5.11 Å². The number of hydrogen-bond acceptors (Lipinski definition) is 6. The fraction of sp³-hybridized carbons (Fsp3) is 0.714. The van der Waals surface area contributed by atoms with Crippen LogP contribution in [0.3, 0.4) is 0 Å². The van der Waals surface area contributed by atoms with E-state index in [-0.39, 0.29) is 6.61 Å². The summed E-state index contributed by atoms with van der Waals surface area (Å²) in [5, 5.41) is 10.2. The summed E-state index contributed by atoms with van der Waals surface area (Å²) in [4.78, 5) is 4.54. The molecule has 1 saturated heterocycles. The van der Waals surface area contributed by atoms with Gasteiger partial charge in [-0.2, -0.15) is 0 Å². The lowest BCUT2D eigenvalue weighted by atomic mass is 10.1. The zero-order valence-electron chi connectivity index (χ0n) is 17.5. The first-order valence-electron chi connectivity index (χ1n) is 9.86. The number of piperidine rings is 1. The standard InChI is InChI=1S/C21H36N2O4/c1-16(2)22(3)14-18(24)15-27-20-7-6-17(12-21(20)26-5)13-23-10-8-19(25-4)9-11-23/h6-7,12,16,18-19,24H,8-11,13-15H2,1-5H3/t18-/m0/s1. The maximum absolute atomic E-state index is 10.2. The molecular formula is C21H36N2O4. The number of aliphatic hydroxyl groups is 1. The molecule has 1 fully saturated rings. The number of likely N-dealkylation sites (tertiary alicyclic amines) is 1. The molecule has 27 heavy (non-hydrogen) atoms. The van der Waals surface area contributed by atoms with Gasteiger partial charge in [-0.05, 0) is 51.4 Å². The van der Waals surface area contributed by atoms with Crippen LogP contribution in [0.4, 0.5) is 0 Å². The first kappa shape index (κ1) is 22.0. The number of rotatable bonds is 10. The van der Waals surface area contributed by atoms with Crippen molar-refractivity contribution in [2.75, 3.05) is 47.5 Å². The Hall–Kier alpha value is -1.34. The Balaban J connectivity index is 1.88. The Bertz CT molecular complexity index is 559. The summed E-state index contributed by atoms with van der Waals surface area (Å²) >= 11 is 0. The summed E-state index contributed by atoms with van der Waals surface area (Å²) in [6.07, 6.45) is 2.02. The van der Waals surface area contributed by atoms with Gasteiger partial charge in [0.05, 0.1) is 13.2 Å². The van der Waals surface area contributed by atoms with Crippen LogP contribution >= 0.6 is 0 Å². The third-order valence-electron chi connectivity index (χ3n) is 5.31. The predicted molar refractivity (Wildman–Crippen MR) is 108 cm³/mol. The molecule has 1 aliphatic rings. The van der Waals surface area contributed by atoms with E-state index in [2.05, 4.69) is 29.7 Å². The summed E-state index contributed by atoms with van der Waals surface area (Å²) in [6.45, 7) is 8.03. The van der Waals surface area contributed by atoms with Crippen molar-refractivity contribution in [1.29, 1.82) is 0 Å². The second-order valence-corrected chi connectivity index (χ2v) is 7.69. The fourth-order valence-electron chi connectivity index (χ4n) is 3.27. The molecule has 1 aromatic carbocycles. The Morgan fingerprint density at radius 2 is 1.89 bits per heavy atom. The average Bonchev–Trinajstić information content (AvgIpc) is 2.67. The summed E-state index contributed by atoms with van der Waals surface area (Å²) in [7, 11) is 5.44. The van der Waals surface area contributed by atoms with Crippen molar-refractivity contribution in [3.05, 3.63) is 23.8 Å². The van der Waals surface area contributed by atoms with Crippen LogP contribution in [0.1, 0.15) is 32.3 Å². The topological polar surface area (TPSA) is 54.4 Å². The van der Waals surface area contributed by atoms with Crippen molar-refractivity contribution >= 4 is 0 Å². The van der Waals surface area contributed by atoms with Crippen LogP contribution in [0.15, 0.2) is 18.2 Å². The van der Waals surface area contributed by atoms with Crippen molar-refractivity contribution in [2.24, 2.45) is 0 Å². The van der Waals surface area contributed by atoms with Crippen LogP contribution in [-0.2, 0) is 11.3 Å². The molecule has 2 rings (SSSR count). The lowest BCUT2D eigenvalue weighted by Gasteiger charge is -2.31. The van der Waals surface area contributed by atoms with E-state index >= 15 is 0 Å². The van der Waals surface area contributed by atoms with Crippen molar-refractivity contribution in [2.45, 2.75) is 51.5 Å². The first-order chi connectivity index (χ1) is 12.9. The van der Waals surface area contributed by atoms with E-state index in [1.165, 1.54) is 5.56 Å². The van der Waals surface area contributed by atoms with E-state index in [0.29, 0.717) is 30.2 Å². The van der Waals surface area contributed by atoms with Crippen LogP contribution < -0.4 is 9.47 Å². The van der Waals surface area contributed by atoms with Crippen molar-refractivity contribution < 1.29 is 19.3 Å². The highest BCUT2D eigenvalue weighted by Crippen LogP contribution is 2.29. The van der Waals surface area contributed by atoms with Gasteiger partial charge in [0.25, 0.3) is 0 Å². The van der Waals surface area contributed by atoms with Gasteiger partial charge in [0, 0.05) is 39.3 Å². The van der Waals surface area contributed by atoms with Crippen LogP contribution in [0.25, 0.3) is 0 Å². The second kappa shape index (κ2) is 10.9. The second-order valence-electron chi connectivity index (χ2n) is 7.69. The lowest BCUT2D eigenvalue weighted by molar-refractivity contribution is 0.0388. The van der Waals surface area contributed by atoms with Gasteiger partial charge in [0.15, 0.2) is 11.5 Å². The van der Waals surface area contributed by atoms with Gasteiger partial charge in [0.2, 0.25) is 0 Å². The number of hydrogen-bond donors (Lipinski definition) is 1. The number of likely N-dealkylation sites (N-methyl/N-ethyl adjacent to an activating group) is 1. The maximum Gasteiger partial charge on any atom is 0.161 e. The Labute approximate surface area is 164 Å². The van der Waals surface area contributed by atoms with Gasteiger partial charge in [-0.3, -0.25) is 4.90 Å². The molecule has 1 aromatic rings. The maximum atomic E-state index is 10.2. The summed E-state index contributed by atoms with van der Waals surface area (Å²) in [5.74, 6) is 1.38. The first-order valence-corrected chi connectivity index (χ1v) is 9.86. The van der Waals surface area contributed by atoms with Gasteiger partial charge >= 0.3 is 0 Å². The van der Waals surface area contributed by atoms with E-state index < -0.39 is 6.10 Å². The van der Waals surface area contributed by atoms with Crippen LogP contribution in [0, 0.1) is 0 Å². The molecule has 0 radical (unpaired) electrons. The van der Waals surface area contributed by atoms with Crippen LogP contribution in [-0.4, -0.2) is 80.7 Å². The van der Waals surface area contributed by atoms with Gasteiger partial charge < -0.3 is 24.2 Å². The molecule has 0 aromatic heterocycles. The van der Waals surface area contributed by atoms with Crippen LogP contribution in [0.5, 0.6) is 11.5 Å². The molecule has 0 bridgehead atoms. The molecular weight excluding hydrogens is 344 g/mol. The zero-order chi connectivity index (χ0) is 19.8. The van der Waals surface area contributed by atoms with E-state index in [4.69, 9.17) is 14.2 Å². The Morgan fingerprint density at radius 3 is 2.48 bits per heavy atom. The molecule has 1 N–H and O–H groups in total. The number of methoxy groups -OCH3 is 2. The minimum absolute atomic E-state index is 0.247. The predicted octanol–water partition coefficient (Wildman–Crippen LogP) is 2.39. The minimum atomic E-state index is -0.538. The molecule has 154 valence electrons. The summed E-state index contributed by atoms with van der Waals surface area (Å²) in [5.41, 5.74) is 1.20. The Morgan fingerprint density at radius 1 is 1.19 bits per heavy atom. The zero-order valence-corrected chi connectivity index (χ0v) is 17.5. The molecule has 6 heteroatoms. The Kier molecular flexibility index (Phi) is 8.83. The highest BCUT2D eigenvalue weighted by atomic mass is 16.5. The van der Waals surface area contributed by atoms with E-state index in [1.807, 2.05) is 19.2 Å². The normalized spacial score (nSPS) is 17.5. The smallest absolute Gasteiger partial charge is 0.161 e. The largest absolute Gasteiger partial charge is 0.493 e. The van der Waals surface area contributed by atoms with E-state index in [0.717, 1.165) is 32.5 Å². The number of aliphatic hydroxyl groups excluding tert-OH is 1. The van der Waals surface area contributed by atoms with Crippen LogP contribution in [0.2, 0.25) is 0 Å². The molecule has 6 nitrogen and oxygen atoms in total. The molecule has 0 unspecified atom stereocenters. The highest BCUT2D eigenvalue weighted by molar-refractivity contribution is 5.43. The molecule has 0 saturated carbocycles. The van der Waals surface area contributed by atoms with Crippen molar-refractivity contribution in [3.8, 4) is 11.5 Å². The molecule has 1 heterocycles. The lowest BCUT2D eigenvalue weighted by Crippen LogP contribution is -2.37. The van der Waals surface area contributed by atoms with Gasteiger partial charge in [-0.1, -0.05) is 6.07 Å². The third-order valence-corrected chi connectivity index (χ3v) is 5.31. The quantitative estimate of drug-likeness (QED) is 0.673. The molecule has 0 spiro atoms. The fourth-order valence-corrected chi connectivity index (χ4v) is 3.27. The van der Waals surface area contributed by atoms with Crippen molar-refractivity contribution in [1.82, 2.24) is 9.80 Å². The number of ether oxygens (including phenoxy) is 3. The monoisotopic (exact) mass is 380 g/mol. The molecule has 0 aliphatic carbocycles. The molecule has 1 atom stereocenters. The van der Waals surface area contributed by atoms with Gasteiger partial charge in [-0.25, -0.2) is 0 Å². The molecule has 0 amide bonds.